The van der Waals surface area contributed by atoms with Gasteiger partial charge in [0.1, 0.15) is 12.1 Å². The van der Waals surface area contributed by atoms with Crippen LogP contribution >= 0.6 is 0 Å². The molecule has 1 heterocycles. The van der Waals surface area contributed by atoms with Gasteiger partial charge in [0.15, 0.2) is 0 Å². The fraction of sp³-hybridized carbons (Fsp3) is 0.154. The fourth-order valence-corrected chi connectivity index (χ4v) is 1.83. The van der Waals surface area contributed by atoms with Crippen LogP contribution in [0, 0.1) is 25.2 Å². The van der Waals surface area contributed by atoms with Crippen LogP contribution < -0.4 is 0 Å². The van der Waals surface area contributed by atoms with E-state index in [2.05, 4.69) is 16.0 Å². The highest BCUT2D eigenvalue weighted by molar-refractivity contribution is 5.74. The molecule has 0 aliphatic rings. The van der Waals surface area contributed by atoms with E-state index in [0.717, 1.165) is 22.5 Å². The second-order valence-electron chi connectivity index (χ2n) is 3.76. The van der Waals surface area contributed by atoms with Gasteiger partial charge >= 0.3 is 0 Å². The third kappa shape index (κ3) is 1.95. The van der Waals surface area contributed by atoms with Gasteiger partial charge in [0.05, 0.1) is 11.6 Å². The SMILES string of the molecule is Cc1ncnc(C)c1-c1ccc(O)cc1C#N. The summed E-state index contributed by atoms with van der Waals surface area (Å²) in [5, 5.41) is 18.5. The average molecular weight is 225 g/mol. The van der Waals surface area contributed by atoms with Gasteiger partial charge in [-0.05, 0) is 32.0 Å². The number of hydrogen-bond acceptors (Lipinski definition) is 4. The summed E-state index contributed by atoms with van der Waals surface area (Å²) < 4.78 is 0. The van der Waals surface area contributed by atoms with Gasteiger partial charge in [-0.1, -0.05) is 0 Å². The topological polar surface area (TPSA) is 69.8 Å². The lowest BCUT2D eigenvalue weighted by Crippen LogP contribution is -1.96. The monoisotopic (exact) mass is 225 g/mol. The molecule has 0 fully saturated rings. The summed E-state index contributed by atoms with van der Waals surface area (Å²) in [4.78, 5) is 8.26. The molecule has 1 N–H and O–H groups in total. The molecule has 84 valence electrons. The highest BCUT2D eigenvalue weighted by Crippen LogP contribution is 2.29. The molecule has 1 aromatic carbocycles. The summed E-state index contributed by atoms with van der Waals surface area (Å²) in [6.07, 6.45) is 1.50. The van der Waals surface area contributed by atoms with Crippen LogP contribution in [-0.4, -0.2) is 15.1 Å². The van der Waals surface area contributed by atoms with Crippen LogP contribution in [0.5, 0.6) is 5.75 Å². The molecule has 0 radical (unpaired) electrons. The molecule has 2 aromatic rings. The maximum Gasteiger partial charge on any atom is 0.116 e. The van der Waals surface area contributed by atoms with Crippen molar-refractivity contribution in [3.05, 3.63) is 41.5 Å². The van der Waals surface area contributed by atoms with E-state index < -0.39 is 0 Å². The lowest BCUT2D eigenvalue weighted by atomic mass is 9.98. The van der Waals surface area contributed by atoms with Gasteiger partial charge in [-0.2, -0.15) is 5.26 Å². The minimum atomic E-state index is 0.0810. The van der Waals surface area contributed by atoms with Gasteiger partial charge in [0.25, 0.3) is 0 Å². The zero-order valence-electron chi connectivity index (χ0n) is 9.60. The Hall–Kier alpha value is -2.41. The number of aromatic hydroxyl groups is 1. The van der Waals surface area contributed by atoms with E-state index in [1.54, 1.807) is 12.1 Å². The number of aryl methyl sites for hydroxylation is 2. The van der Waals surface area contributed by atoms with Gasteiger partial charge in [-0.3, -0.25) is 0 Å². The standard InChI is InChI=1S/C13H11N3O/c1-8-13(9(2)16-7-15-8)12-4-3-11(17)5-10(12)6-14/h3-5,7,17H,1-2H3. The third-order valence-electron chi connectivity index (χ3n) is 2.62. The van der Waals surface area contributed by atoms with Crippen molar-refractivity contribution in [2.75, 3.05) is 0 Å². The second kappa shape index (κ2) is 4.22. The van der Waals surface area contributed by atoms with Crippen molar-refractivity contribution < 1.29 is 5.11 Å². The molecule has 0 unspecified atom stereocenters. The maximum atomic E-state index is 9.37. The van der Waals surface area contributed by atoms with Crippen molar-refractivity contribution in [2.24, 2.45) is 0 Å². The van der Waals surface area contributed by atoms with E-state index in [1.165, 1.54) is 12.4 Å². The van der Waals surface area contributed by atoms with E-state index >= 15 is 0 Å². The number of phenols is 1. The second-order valence-corrected chi connectivity index (χ2v) is 3.76. The largest absolute Gasteiger partial charge is 0.508 e. The van der Waals surface area contributed by atoms with Crippen molar-refractivity contribution in [2.45, 2.75) is 13.8 Å². The molecule has 0 atom stereocenters. The molecule has 0 bridgehead atoms. The summed E-state index contributed by atoms with van der Waals surface area (Å²) >= 11 is 0. The number of nitriles is 1. The minimum absolute atomic E-state index is 0.0810. The number of aromatic nitrogens is 2. The van der Waals surface area contributed by atoms with Crippen LogP contribution in [0.25, 0.3) is 11.1 Å². The molecule has 1 aromatic heterocycles. The smallest absolute Gasteiger partial charge is 0.116 e. The average Bonchev–Trinajstić information content (AvgIpc) is 2.30. The quantitative estimate of drug-likeness (QED) is 0.808. The predicted octanol–water partition coefficient (Wildman–Crippen LogP) is 2.34. The van der Waals surface area contributed by atoms with Crippen molar-refractivity contribution in [1.82, 2.24) is 9.97 Å². The number of benzene rings is 1. The summed E-state index contributed by atoms with van der Waals surface area (Å²) in [5.41, 5.74) is 3.66. The Kier molecular flexibility index (Phi) is 2.75. The Balaban J connectivity index is 2.74. The molecule has 2 rings (SSSR count). The summed E-state index contributed by atoms with van der Waals surface area (Å²) in [6, 6.07) is 6.79. The predicted molar refractivity (Wildman–Crippen MR) is 63.3 cm³/mol. The molecule has 0 saturated heterocycles. The fourth-order valence-electron chi connectivity index (χ4n) is 1.83. The molecule has 0 saturated carbocycles. The lowest BCUT2D eigenvalue weighted by molar-refractivity contribution is 0.475. The van der Waals surface area contributed by atoms with E-state index in [4.69, 9.17) is 5.26 Å². The lowest BCUT2D eigenvalue weighted by Gasteiger charge is -2.09. The molecule has 0 amide bonds. The molecule has 0 aliphatic carbocycles. The third-order valence-corrected chi connectivity index (χ3v) is 2.62. The Morgan fingerprint density at radius 3 is 2.41 bits per heavy atom. The Morgan fingerprint density at radius 1 is 1.18 bits per heavy atom. The number of nitrogens with zero attached hydrogens (tertiary/aromatic N) is 3. The van der Waals surface area contributed by atoms with Crippen LogP contribution in [0.3, 0.4) is 0 Å². The first-order chi connectivity index (χ1) is 8.13. The Bertz CT molecular complexity index is 594. The first-order valence-corrected chi connectivity index (χ1v) is 5.15. The van der Waals surface area contributed by atoms with Gasteiger partial charge in [0, 0.05) is 22.5 Å². The number of phenolic OH excluding ortho intramolecular Hbond substituents is 1. The molecule has 0 aliphatic heterocycles. The van der Waals surface area contributed by atoms with E-state index in [-0.39, 0.29) is 5.75 Å². The number of rotatable bonds is 1. The molecule has 17 heavy (non-hydrogen) atoms. The maximum absolute atomic E-state index is 9.37. The van der Waals surface area contributed by atoms with Crippen molar-refractivity contribution in [1.29, 1.82) is 5.26 Å². The van der Waals surface area contributed by atoms with Crippen molar-refractivity contribution in [3.63, 3.8) is 0 Å². The normalized spacial score (nSPS) is 9.94. The molecule has 4 nitrogen and oxygen atoms in total. The summed E-state index contributed by atoms with van der Waals surface area (Å²) in [6.45, 7) is 3.75. The molecule has 4 heteroatoms. The molecular weight excluding hydrogens is 214 g/mol. The molecular formula is C13H11N3O. The Labute approximate surface area is 99.2 Å². The van der Waals surface area contributed by atoms with Gasteiger partial charge < -0.3 is 5.11 Å². The number of hydrogen-bond donors (Lipinski definition) is 1. The van der Waals surface area contributed by atoms with Gasteiger partial charge in [0.2, 0.25) is 0 Å². The van der Waals surface area contributed by atoms with Crippen LogP contribution in [0.15, 0.2) is 24.5 Å². The van der Waals surface area contributed by atoms with E-state index in [9.17, 15) is 5.11 Å². The van der Waals surface area contributed by atoms with Crippen molar-refractivity contribution >= 4 is 0 Å². The minimum Gasteiger partial charge on any atom is -0.508 e. The van der Waals surface area contributed by atoms with Gasteiger partial charge in [-0.15, -0.1) is 0 Å². The zero-order valence-corrected chi connectivity index (χ0v) is 9.60. The summed E-state index contributed by atoms with van der Waals surface area (Å²) in [5.74, 6) is 0.0810. The van der Waals surface area contributed by atoms with Crippen LogP contribution in [0.4, 0.5) is 0 Å². The zero-order chi connectivity index (χ0) is 12.4. The van der Waals surface area contributed by atoms with E-state index in [1.807, 2.05) is 13.8 Å². The Morgan fingerprint density at radius 2 is 1.82 bits per heavy atom. The van der Waals surface area contributed by atoms with E-state index in [0.29, 0.717) is 5.56 Å². The highest BCUT2D eigenvalue weighted by atomic mass is 16.3. The summed E-state index contributed by atoms with van der Waals surface area (Å²) in [7, 11) is 0. The van der Waals surface area contributed by atoms with Crippen LogP contribution in [0.1, 0.15) is 17.0 Å². The van der Waals surface area contributed by atoms with Gasteiger partial charge in [-0.25, -0.2) is 9.97 Å². The first kappa shape index (κ1) is 11.1. The first-order valence-electron chi connectivity index (χ1n) is 5.15. The highest BCUT2D eigenvalue weighted by Gasteiger charge is 2.12. The van der Waals surface area contributed by atoms with Crippen molar-refractivity contribution in [3.8, 4) is 22.9 Å². The molecule has 0 spiro atoms. The van der Waals surface area contributed by atoms with Crippen LogP contribution in [0.2, 0.25) is 0 Å². The van der Waals surface area contributed by atoms with Crippen LogP contribution in [-0.2, 0) is 0 Å².